The highest BCUT2D eigenvalue weighted by molar-refractivity contribution is 7.17. The van der Waals surface area contributed by atoms with Crippen molar-refractivity contribution in [1.82, 2.24) is 25.4 Å². The first-order valence-electron chi connectivity index (χ1n) is 12.8. The van der Waals surface area contributed by atoms with Crippen LogP contribution in [0.1, 0.15) is 43.0 Å². The molecular weight excluding hydrogens is 514 g/mol. The summed E-state index contributed by atoms with van der Waals surface area (Å²) in [6.07, 6.45) is 4.68. The summed E-state index contributed by atoms with van der Waals surface area (Å²) in [6, 6.07) is 22.2. The lowest BCUT2D eigenvalue weighted by molar-refractivity contribution is 0.0409. The molecule has 0 saturated heterocycles. The van der Waals surface area contributed by atoms with Gasteiger partial charge in [-0.2, -0.15) is 0 Å². The molecule has 200 valence electrons. The number of nitrogens with zero attached hydrogens (tertiary/aromatic N) is 5. The van der Waals surface area contributed by atoms with E-state index in [1.54, 1.807) is 31.4 Å². The van der Waals surface area contributed by atoms with E-state index >= 15 is 0 Å². The molecule has 0 spiro atoms. The first-order chi connectivity index (χ1) is 19.1. The van der Waals surface area contributed by atoms with Gasteiger partial charge in [-0.3, -0.25) is 0 Å². The molecule has 1 atom stereocenters. The van der Waals surface area contributed by atoms with Crippen molar-refractivity contribution < 1.29 is 19.1 Å². The lowest BCUT2D eigenvalue weighted by atomic mass is 10.1. The third kappa shape index (κ3) is 6.65. The van der Waals surface area contributed by atoms with E-state index in [1.165, 1.54) is 11.3 Å². The maximum absolute atomic E-state index is 12.6. The molecule has 0 aliphatic heterocycles. The number of aromatic nitrogens is 5. The average molecular weight is 544 g/mol. The number of para-hydroxylation sites is 1. The van der Waals surface area contributed by atoms with Gasteiger partial charge in [-0.1, -0.05) is 46.9 Å². The molecule has 0 aliphatic rings. The second kappa shape index (κ2) is 12.6. The Morgan fingerprint density at radius 3 is 2.28 bits per heavy atom. The van der Waals surface area contributed by atoms with Crippen molar-refractivity contribution in [2.75, 3.05) is 13.7 Å². The number of hydrogen-bond acceptors (Lipinski definition) is 9. The molecule has 9 nitrogen and oxygen atoms in total. The van der Waals surface area contributed by atoms with Crippen LogP contribution in [-0.4, -0.2) is 51.1 Å². The van der Waals surface area contributed by atoms with Crippen LogP contribution in [0, 0.1) is 0 Å². The molecule has 2 heterocycles. The van der Waals surface area contributed by atoms with Gasteiger partial charge in [0.2, 0.25) is 0 Å². The smallest absolute Gasteiger partial charge is 0.365 e. The summed E-state index contributed by atoms with van der Waals surface area (Å²) in [5, 5.41) is 18.1. The Kier molecular flexibility index (Phi) is 8.55. The maximum Gasteiger partial charge on any atom is 0.365 e. The van der Waals surface area contributed by atoms with Crippen molar-refractivity contribution in [2.24, 2.45) is 0 Å². The van der Waals surface area contributed by atoms with E-state index in [-0.39, 0.29) is 0 Å². The van der Waals surface area contributed by atoms with Crippen LogP contribution in [0.25, 0.3) is 32.2 Å². The van der Waals surface area contributed by atoms with Crippen LogP contribution in [0.3, 0.4) is 0 Å². The highest BCUT2D eigenvalue weighted by Crippen LogP contribution is 2.31. The van der Waals surface area contributed by atoms with Crippen LogP contribution in [0.4, 0.5) is 0 Å². The number of methoxy groups -OCH3 is 1. The van der Waals surface area contributed by atoms with E-state index in [0.717, 1.165) is 57.4 Å². The molecule has 10 heteroatoms. The number of carbonyl (C=O) groups excluding carboxylic acids is 1. The topological polar surface area (TPSA) is 101 Å². The van der Waals surface area contributed by atoms with Crippen LogP contribution < -0.4 is 9.57 Å². The van der Waals surface area contributed by atoms with Crippen molar-refractivity contribution in [3.05, 3.63) is 78.4 Å². The molecule has 0 fully saturated rings. The number of ether oxygens (including phenoxy) is 2. The third-order valence-electron chi connectivity index (χ3n) is 6.31. The summed E-state index contributed by atoms with van der Waals surface area (Å²) >= 11 is 1.48. The van der Waals surface area contributed by atoms with Gasteiger partial charge in [0.1, 0.15) is 26.8 Å². The quantitative estimate of drug-likeness (QED) is 0.142. The number of carbonyl (C=O) groups is 1. The van der Waals surface area contributed by atoms with E-state index in [1.807, 2.05) is 48.5 Å². The number of benzene rings is 3. The van der Waals surface area contributed by atoms with Crippen molar-refractivity contribution in [3.8, 4) is 26.9 Å². The summed E-state index contributed by atoms with van der Waals surface area (Å²) in [6.45, 7) is 2.79. The Morgan fingerprint density at radius 1 is 0.872 bits per heavy atom. The summed E-state index contributed by atoms with van der Waals surface area (Å²) in [5.74, 6) is 0.313. The minimum absolute atomic E-state index is 0.315. The highest BCUT2D eigenvalue weighted by Gasteiger charge is 2.14. The van der Waals surface area contributed by atoms with Crippen LogP contribution in [0.5, 0.6) is 5.75 Å². The first-order valence-corrected chi connectivity index (χ1v) is 13.7. The molecule has 1 unspecified atom stereocenters. The van der Waals surface area contributed by atoms with Gasteiger partial charge in [0, 0.05) is 18.2 Å². The van der Waals surface area contributed by atoms with Crippen LogP contribution in [-0.2, 0) is 4.74 Å². The molecule has 0 radical (unpaired) electrons. The minimum atomic E-state index is -0.529. The molecule has 0 bridgehead atoms. The fraction of sp³-hybridized carbons (Fsp3) is 0.276. The minimum Gasteiger partial charge on any atom is -0.494 e. The van der Waals surface area contributed by atoms with Crippen molar-refractivity contribution in [3.63, 3.8) is 0 Å². The number of hydrogen-bond donors (Lipinski definition) is 0. The normalized spacial score (nSPS) is 11.9. The van der Waals surface area contributed by atoms with Crippen LogP contribution >= 0.6 is 11.3 Å². The lowest BCUT2D eigenvalue weighted by Crippen LogP contribution is -2.20. The van der Waals surface area contributed by atoms with Gasteiger partial charge in [-0.15, -0.1) is 15.3 Å². The maximum atomic E-state index is 12.6. The van der Waals surface area contributed by atoms with Gasteiger partial charge < -0.3 is 14.3 Å². The zero-order chi connectivity index (χ0) is 27.0. The van der Waals surface area contributed by atoms with Crippen molar-refractivity contribution >= 4 is 28.3 Å². The van der Waals surface area contributed by atoms with Gasteiger partial charge in [0.05, 0.1) is 18.3 Å². The summed E-state index contributed by atoms with van der Waals surface area (Å²) in [7, 11) is 1.75. The fourth-order valence-corrected chi connectivity index (χ4v) is 4.82. The number of unbranched alkanes of at least 4 members (excludes halogenated alkanes) is 2. The molecule has 2 aromatic heterocycles. The van der Waals surface area contributed by atoms with Gasteiger partial charge in [-0.25, -0.2) is 4.79 Å². The van der Waals surface area contributed by atoms with Gasteiger partial charge >= 0.3 is 5.97 Å². The molecule has 0 aliphatic carbocycles. The molecular formula is C29H29N5O4S. The van der Waals surface area contributed by atoms with Gasteiger partial charge in [0.25, 0.3) is 0 Å². The predicted octanol–water partition coefficient (Wildman–Crippen LogP) is 5.86. The third-order valence-corrected chi connectivity index (χ3v) is 7.33. The van der Waals surface area contributed by atoms with Gasteiger partial charge in [-0.05, 0) is 79.9 Å². The Hall–Kier alpha value is -4.15. The van der Waals surface area contributed by atoms with E-state index in [4.69, 9.17) is 14.3 Å². The van der Waals surface area contributed by atoms with E-state index in [0.29, 0.717) is 29.3 Å². The molecule has 5 aromatic rings. The molecule has 3 aromatic carbocycles. The molecule has 0 saturated carbocycles. The Labute approximate surface area is 230 Å². The summed E-state index contributed by atoms with van der Waals surface area (Å²) in [4.78, 5) is 19.1. The zero-order valence-electron chi connectivity index (χ0n) is 21.8. The van der Waals surface area contributed by atoms with Crippen LogP contribution in [0.2, 0.25) is 0 Å². The predicted molar refractivity (Wildman–Crippen MR) is 150 cm³/mol. The van der Waals surface area contributed by atoms with E-state index < -0.39 is 5.97 Å². The molecule has 5 rings (SSSR count). The summed E-state index contributed by atoms with van der Waals surface area (Å²) < 4.78 is 11.2. The monoisotopic (exact) mass is 543 g/mol. The van der Waals surface area contributed by atoms with Crippen LogP contribution in [0.15, 0.2) is 72.8 Å². The largest absolute Gasteiger partial charge is 0.494 e. The van der Waals surface area contributed by atoms with E-state index in [2.05, 4.69) is 27.4 Å². The summed E-state index contributed by atoms with van der Waals surface area (Å²) in [5.41, 5.74) is 3.49. The number of fused-ring (bicyclic) bond motifs is 1. The van der Waals surface area contributed by atoms with E-state index in [9.17, 15) is 4.79 Å². The Balaban J connectivity index is 1.14. The fourth-order valence-electron chi connectivity index (χ4n) is 3.96. The first kappa shape index (κ1) is 26.5. The SMILES string of the molecule is COC(C)CCCCCOc1ccc(-c2nnc(-c3ccc(C(=O)On4nnc5ccccc54)cc3)s2)cc1. The average Bonchev–Trinajstić information content (AvgIpc) is 3.63. The standard InChI is InChI=1S/C29H29N5O4S/c1-20(36-2)8-4-3-7-19-37-24-17-15-22(16-18-24)28-32-31-27(39-28)21-11-13-23(14-12-21)29(35)38-34-26-10-6-5-9-25(26)30-33-34/h5-6,9-18,20H,3-4,7-8,19H2,1-2H3. The molecule has 39 heavy (non-hydrogen) atoms. The molecule has 0 amide bonds. The number of rotatable bonds is 12. The molecule has 0 N–H and O–H groups in total. The second-order valence-electron chi connectivity index (χ2n) is 9.09. The van der Waals surface area contributed by atoms with Crippen molar-refractivity contribution in [2.45, 2.75) is 38.7 Å². The van der Waals surface area contributed by atoms with Gasteiger partial charge in [0.15, 0.2) is 0 Å². The lowest BCUT2D eigenvalue weighted by Gasteiger charge is -2.09. The Morgan fingerprint density at radius 2 is 1.56 bits per heavy atom. The Bertz CT molecular complexity index is 1520. The second-order valence-corrected chi connectivity index (χ2v) is 10.1. The van der Waals surface area contributed by atoms with Crippen molar-refractivity contribution in [1.29, 1.82) is 0 Å². The zero-order valence-corrected chi connectivity index (χ0v) is 22.6. The highest BCUT2D eigenvalue weighted by atomic mass is 32.1.